The number of aromatic hydroxyl groups is 1. The van der Waals surface area contributed by atoms with E-state index in [9.17, 15) is 19.5 Å². The molecule has 31 heavy (non-hydrogen) atoms. The Balaban J connectivity index is 1.48. The van der Waals surface area contributed by atoms with Gasteiger partial charge in [0.05, 0.1) is 19.2 Å². The number of ether oxygens (including phenoxy) is 1. The second-order valence-corrected chi connectivity index (χ2v) is 8.51. The summed E-state index contributed by atoms with van der Waals surface area (Å²) in [6, 6.07) is 7.71. The van der Waals surface area contributed by atoms with Gasteiger partial charge in [0.2, 0.25) is 5.43 Å². The van der Waals surface area contributed by atoms with Gasteiger partial charge in [0, 0.05) is 12.2 Å². The van der Waals surface area contributed by atoms with Crippen molar-refractivity contribution in [1.29, 1.82) is 0 Å². The Labute approximate surface area is 179 Å². The van der Waals surface area contributed by atoms with Gasteiger partial charge < -0.3 is 24.6 Å². The first kappa shape index (κ1) is 19.8. The lowest BCUT2D eigenvalue weighted by Crippen LogP contribution is -2.57. The van der Waals surface area contributed by atoms with Crippen LogP contribution in [0.5, 0.6) is 5.75 Å². The van der Waals surface area contributed by atoms with E-state index in [1.807, 2.05) is 25.1 Å². The number of fused-ring (bicyclic) bond motifs is 3. The minimum atomic E-state index is -0.828. The summed E-state index contributed by atoms with van der Waals surface area (Å²) in [5.41, 5.74) is 1.16. The molecule has 2 amide bonds. The van der Waals surface area contributed by atoms with Gasteiger partial charge in [-0.2, -0.15) is 0 Å². The first-order valence-electron chi connectivity index (χ1n) is 10.7. The molecule has 2 aromatic rings. The van der Waals surface area contributed by atoms with Crippen molar-refractivity contribution in [3.8, 4) is 5.75 Å². The van der Waals surface area contributed by atoms with Gasteiger partial charge in [-0.1, -0.05) is 24.3 Å². The van der Waals surface area contributed by atoms with Crippen LogP contribution in [0.15, 0.2) is 35.3 Å². The number of rotatable bonds is 2. The van der Waals surface area contributed by atoms with Crippen LogP contribution in [0.1, 0.15) is 64.2 Å². The number of nitrogens with zero attached hydrogens (tertiary/aromatic N) is 2. The van der Waals surface area contributed by atoms with Gasteiger partial charge in [-0.05, 0) is 43.7 Å². The topological polar surface area (TPSA) is 101 Å². The third kappa shape index (κ3) is 3.22. The summed E-state index contributed by atoms with van der Waals surface area (Å²) < 4.78 is 7.21. The highest BCUT2D eigenvalue weighted by atomic mass is 16.5. The molecule has 0 unspecified atom stereocenters. The first-order chi connectivity index (χ1) is 15.0. The molecule has 5 rings (SSSR count). The Kier molecular flexibility index (Phi) is 4.81. The maximum absolute atomic E-state index is 13.0. The van der Waals surface area contributed by atoms with E-state index in [-0.39, 0.29) is 29.9 Å². The van der Waals surface area contributed by atoms with E-state index >= 15 is 0 Å². The number of hydrogen-bond donors (Lipinski definition) is 2. The second-order valence-electron chi connectivity index (χ2n) is 8.51. The number of aryl methyl sites for hydroxylation is 1. The average molecular weight is 423 g/mol. The molecule has 1 aliphatic carbocycles. The zero-order valence-electron chi connectivity index (χ0n) is 17.3. The first-order valence-corrected chi connectivity index (χ1v) is 10.7. The highest BCUT2D eigenvalue weighted by Crippen LogP contribution is 2.31. The summed E-state index contributed by atoms with van der Waals surface area (Å²) >= 11 is 0. The molecule has 1 fully saturated rings. The molecular weight excluding hydrogens is 398 g/mol. The molecule has 1 aromatic carbocycles. The molecule has 8 nitrogen and oxygen atoms in total. The minimum absolute atomic E-state index is 0.0520. The van der Waals surface area contributed by atoms with Crippen LogP contribution in [0.4, 0.5) is 0 Å². The normalized spacial score (nSPS) is 24.7. The molecule has 3 heterocycles. The Morgan fingerprint density at radius 3 is 2.87 bits per heavy atom. The van der Waals surface area contributed by atoms with Gasteiger partial charge in [-0.15, -0.1) is 0 Å². The molecule has 1 aromatic heterocycles. The van der Waals surface area contributed by atoms with Crippen molar-refractivity contribution in [1.82, 2.24) is 14.8 Å². The number of benzene rings is 1. The predicted octanol–water partition coefficient (Wildman–Crippen LogP) is 1.95. The lowest BCUT2D eigenvalue weighted by atomic mass is 9.87. The Morgan fingerprint density at radius 1 is 1.23 bits per heavy atom. The van der Waals surface area contributed by atoms with Crippen LogP contribution in [0.2, 0.25) is 0 Å². The molecule has 8 heteroatoms. The molecule has 162 valence electrons. The van der Waals surface area contributed by atoms with Gasteiger partial charge >= 0.3 is 0 Å². The van der Waals surface area contributed by atoms with Crippen molar-refractivity contribution >= 4 is 11.8 Å². The molecule has 0 bridgehead atoms. The van der Waals surface area contributed by atoms with Gasteiger partial charge in [0.25, 0.3) is 11.8 Å². The van der Waals surface area contributed by atoms with Crippen molar-refractivity contribution in [3.63, 3.8) is 0 Å². The van der Waals surface area contributed by atoms with Crippen LogP contribution in [0.25, 0.3) is 0 Å². The molecule has 2 N–H and O–H groups in total. The van der Waals surface area contributed by atoms with E-state index in [0.717, 1.165) is 24.8 Å². The Bertz CT molecular complexity index is 1120. The zero-order chi connectivity index (χ0) is 21.7. The largest absolute Gasteiger partial charge is 0.503 e. The number of hydrogen-bond acceptors (Lipinski definition) is 5. The number of aromatic nitrogens is 1. The van der Waals surface area contributed by atoms with Gasteiger partial charge in [-0.3, -0.25) is 14.4 Å². The number of nitrogens with one attached hydrogen (secondary N) is 1. The van der Waals surface area contributed by atoms with Crippen molar-refractivity contribution in [2.24, 2.45) is 0 Å². The Hall–Kier alpha value is -3.13. The van der Waals surface area contributed by atoms with Crippen molar-refractivity contribution in [3.05, 3.63) is 63.1 Å². The summed E-state index contributed by atoms with van der Waals surface area (Å²) in [5, 5.41) is 13.5. The summed E-state index contributed by atoms with van der Waals surface area (Å²) in [6.45, 7) is 2.71. The fourth-order valence-electron chi connectivity index (χ4n) is 4.96. The molecule has 0 saturated carbocycles. The SMILES string of the molecule is C[C@@H]1CCO[C@H]2Cn3cc(C(=O)N[C@H]4CCCc5ccccc54)c(=O)c(O)c3C(=O)N12. The minimum Gasteiger partial charge on any atom is -0.503 e. The van der Waals surface area contributed by atoms with Gasteiger partial charge in [-0.25, -0.2) is 0 Å². The lowest BCUT2D eigenvalue weighted by Gasteiger charge is -2.44. The highest BCUT2D eigenvalue weighted by Gasteiger charge is 2.41. The molecular formula is C23H25N3O5. The molecule has 2 aliphatic heterocycles. The molecule has 3 aliphatic rings. The quantitative estimate of drug-likeness (QED) is 0.769. The summed E-state index contributed by atoms with van der Waals surface area (Å²) in [6.07, 6.45) is 4.27. The summed E-state index contributed by atoms with van der Waals surface area (Å²) in [7, 11) is 0. The molecule has 3 atom stereocenters. The molecule has 0 radical (unpaired) electrons. The average Bonchev–Trinajstić information content (AvgIpc) is 2.76. The Morgan fingerprint density at radius 2 is 2.03 bits per heavy atom. The number of carbonyl (C=O) groups is 2. The third-order valence-electron chi connectivity index (χ3n) is 6.60. The summed E-state index contributed by atoms with van der Waals surface area (Å²) in [5.74, 6) is -1.69. The van der Waals surface area contributed by atoms with Crippen LogP contribution in [-0.4, -0.2) is 45.3 Å². The summed E-state index contributed by atoms with van der Waals surface area (Å²) in [4.78, 5) is 40.4. The van der Waals surface area contributed by atoms with Gasteiger partial charge in [0.1, 0.15) is 5.56 Å². The molecule has 0 spiro atoms. The van der Waals surface area contributed by atoms with Crippen molar-refractivity contribution < 1.29 is 19.4 Å². The monoisotopic (exact) mass is 423 g/mol. The van der Waals surface area contributed by atoms with E-state index in [2.05, 4.69) is 11.4 Å². The van der Waals surface area contributed by atoms with E-state index in [4.69, 9.17) is 4.74 Å². The van der Waals surface area contributed by atoms with Crippen LogP contribution in [-0.2, 0) is 17.7 Å². The van der Waals surface area contributed by atoms with Gasteiger partial charge in [0.15, 0.2) is 17.7 Å². The third-order valence-corrected chi connectivity index (χ3v) is 6.60. The van der Waals surface area contributed by atoms with Crippen LogP contribution >= 0.6 is 0 Å². The van der Waals surface area contributed by atoms with Crippen LogP contribution < -0.4 is 10.7 Å². The van der Waals surface area contributed by atoms with E-state index in [1.54, 1.807) is 4.90 Å². The smallest absolute Gasteiger partial charge is 0.276 e. The number of carbonyl (C=O) groups excluding carboxylic acids is 2. The van der Waals surface area contributed by atoms with E-state index in [1.165, 1.54) is 16.3 Å². The van der Waals surface area contributed by atoms with E-state index < -0.39 is 29.2 Å². The number of amides is 2. The lowest BCUT2D eigenvalue weighted by molar-refractivity contribution is -0.112. The van der Waals surface area contributed by atoms with Crippen LogP contribution in [0.3, 0.4) is 0 Å². The zero-order valence-corrected chi connectivity index (χ0v) is 17.3. The maximum Gasteiger partial charge on any atom is 0.276 e. The van der Waals surface area contributed by atoms with Crippen molar-refractivity contribution in [2.45, 2.75) is 57.5 Å². The fourth-order valence-corrected chi connectivity index (χ4v) is 4.96. The standard InChI is InChI=1S/C23H25N3O5/c1-13-9-10-31-18-12-25-11-16(20(27)21(28)19(25)23(30)26(13)18)22(29)24-17-8-4-6-14-5-2-3-7-15(14)17/h2-3,5,7,11,13,17-18,28H,4,6,8-10,12H2,1H3,(H,24,29)/t13-,17+,18+/m1/s1. The number of pyridine rings is 1. The highest BCUT2D eigenvalue weighted by molar-refractivity contribution is 5.99. The fraction of sp³-hybridized carbons (Fsp3) is 0.435. The molecule has 1 saturated heterocycles. The second kappa shape index (κ2) is 7.53. The predicted molar refractivity (Wildman–Crippen MR) is 112 cm³/mol. The maximum atomic E-state index is 13.0. The van der Waals surface area contributed by atoms with E-state index in [0.29, 0.717) is 13.0 Å². The van der Waals surface area contributed by atoms with Crippen molar-refractivity contribution in [2.75, 3.05) is 6.61 Å². The van der Waals surface area contributed by atoms with Crippen LogP contribution in [0, 0.1) is 0 Å².